The van der Waals surface area contributed by atoms with Crippen molar-refractivity contribution in [1.82, 2.24) is 4.98 Å². The summed E-state index contributed by atoms with van der Waals surface area (Å²) in [6, 6.07) is 3.40. The van der Waals surface area contributed by atoms with Crippen molar-refractivity contribution in [2.24, 2.45) is 5.73 Å². The van der Waals surface area contributed by atoms with Crippen LogP contribution in [0.1, 0.15) is 28.9 Å². The third-order valence-corrected chi connectivity index (χ3v) is 1.91. The molecule has 0 atom stereocenters. The van der Waals surface area contributed by atoms with Crippen LogP contribution in [0.5, 0.6) is 0 Å². The van der Waals surface area contributed by atoms with Crippen molar-refractivity contribution in [3.8, 4) is 0 Å². The standard InChI is InChI=1S/C10H12N2O2/c1-7-8(3-2-6-12-7)9(13)4-5-10(11)14/h2-3,6H,4-5H2,1H3,(H2,11,14). The number of aryl methyl sites for hydroxylation is 1. The molecule has 0 fully saturated rings. The third kappa shape index (κ3) is 2.65. The molecular weight excluding hydrogens is 180 g/mol. The van der Waals surface area contributed by atoms with Gasteiger partial charge >= 0.3 is 0 Å². The number of ketones is 1. The predicted octanol–water partition coefficient (Wildman–Crippen LogP) is 0.838. The number of pyridine rings is 1. The van der Waals surface area contributed by atoms with Gasteiger partial charge in [-0.3, -0.25) is 14.6 Å². The number of primary amides is 1. The van der Waals surface area contributed by atoms with Crippen molar-refractivity contribution in [3.05, 3.63) is 29.6 Å². The minimum absolute atomic E-state index is 0.0885. The van der Waals surface area contributed by atoms with Crippen LogP contribution >= 0.6 is 0 Å². The van der Waals surface area contributed by atoms with Crippen molar-refractivity contribution in [3.63, 3.8) is 0 Å². The molecule has 0 radical (unpaired) electrons. The van der Waals surface area contributed by atoms with Gasteiger partial charge in [-0.1, -0.05) is 0 Å². The molecule has 4 nitrogen and oxygen atoms in total. The maximum Gasteiger partial charge on any atom is 0.217 e. The number of aromatic nitrogens is 1. The van der Waals surface area contributed by atoms with Gasteiger partial charge in [0, 0.05) is 30.3 Å². The lowest BCUT2D eigenvalue weighted by Gasteiger charge is -2.01. The fourth-order valence-electron chi connectivity index (χ4n) is 1.15. The predicted molar refractivity (Wildman–Crippen MR) is 51.7 cm³/mol. The number of amides is 1. The second-order valence-electron chi connectivity index (χ2n) is 3.03. The summed E-state index contributed by atoms with van der Waals surface area (Å²) in [7, 11) is 0. The van der Waals surface area contributed by atoms with Gasteiger partial charge in [-0.25, -0.2) is 0 Å². The summed E-state index contributed by atoms with van der Waals surface area (Å²) in [5.41, 5.74) is 6.20. The fourth-order valence-corrected chi connectivity index (χ4v) is 1.15. The molecule has 1 heterocycles. The van der Waals surface area contributed by atoms with Gasteiger partial charge in [-0.05, 0) is 19.1 Å². The molecule has 74 valence electrons. The normalized spacial score (nSPS) is 9.79. The van der Waals surface area contributed by atoms with E-state index in [0.29, 0.717) is 11.3 Å². The Bertz CT molecular complexity index is 361. The fraction of sp³-hybridized carbons (Fsp3) is 0.300. The zero-order chi connectivity index (χ0) is 10.6. The quantitative estimate of drug-likeness (QED) is 0.718. The first-order chi connectivity index (χ1) is 6.61. The molecule has 0 saturated carbocycles. The highest BCUT2D eigenvalue weighted by atomic mass is 16.1. The number of hydrogen-bond donors (Lipinski definition) is 1. The first kappa shape index (κ1) is 10.4. The topological polar surface area (TPSA) is 73.1 Å². The van der Waals surface area contributed by atoms with Gasteiger partial charge in [0.05, 0.1) is 0 Å². The van der Waals surface area contributed by atoms with Crippen molar-refractivity contribution in [2.45, 2.75) is 19.8 Å². The minimum Gasteiger partial charge on any atom is -0.370 e. The number of carbonyl (C=O) groups is 2. The lowest BCUT2D eigenvalue weighted by atomic mass is 10.1. The summed E-state index contributed by atoms with van der Waals surface area (Å²) < 4.78 is 0. The maximum absolute atomic E-state index is 11.5. The number of carbonyl (C=O) groups excluding carboxylic acids is 2. The maximum atomic E-state index is 11.5. The molecule has 0 spiro atoms. The summed E-state index contributed by atoms with van der Waals surface area (Å²) in [6.45, 7) is 1.76. The molecule has 1 aromatic heterocycles. The van der Waals surface area contributed by atoms with Gasteiger partial charge < -0.3 is 5.73 Å². The first-order valence-corrected chi connectivity index (χ1v) is 4.34. The molecule has 0 unspecified atom stereocenters. The van der Waals surface area contributed by atoms with Gasteiger partial charge in [-0.15, -0.1) is 0 Å². The van der Waals surface area contributed by atoms with Crippen LogP contribution in [0.4, 0.5) is 0 Å². The molecule has 0 aliphatic carbocycles. The van der Waals surface area contributed by atoms with E-state index in [9.17, 15) is 9.59 Å². The molecule has 14 heavy (non-hydrogen) atoms. The summed E-state index contributed by atoms with van der Waals surface area (Å²) >= 11 is 0. The summed E-state index contributed by atoms with van der Waals surface area (Å²) in [4.78, 5) is 26.0. The van der Waals surface area contributed by atoms with Crippen molar-refractivity contribution >= 4 is 11.7 Å². The molecule has 1 amide bonds. The summed E-state index contributed by atoms with van der Waals surface area (Å²) in [5, 5.41) is 0. The SMILES string of the molecule is Cc1ncccc1C(=O)CCC(N)=O. The van der Waals surface area contributed by atoms with E-state index in [-0.39, 0.29) is 18.6 Å². The van der Waals surface area contributed by atoms with E-state index in [1.165, 1.54) is 0 Å². The van der Waals surface area contributed by atoms with Crippen LogP contribution in [0.3, 0.4) is 0 Å². The van der Waals surface area contributed by atoms with Crippen LogP contribution in [0.2, 0.25) is 0 Å². The average molecular weight is 192 g/mol. The van der Waals surface area contributed by atoms with E-state index in [1.54, 1.807) is 25.3 Å². The molecule has 4 heteroatoms. The Morgan fingerprint density at radius 1 is 1.43 bits per heavy atom. The molecule has 2 N–H and O–H groups in total. The third-order valence-electron chi connectivity index (χ3n) is 1.91. The summed E-state index contributed by atoms with van der Waals surface area (Å²) in [6.07, 6.45) is 1.87. The molecule has 0 saturated heterocycles. The van der Waals surface area contributed by atoms with E-state index in [1.807, 2.05) is 0 Å². The highest BCUT2D eigenvalue weighted by Gasteiger charge is 2.09. The Morgan fingerprint density at radius 3 is 2.71 bits per heavy atom. The van der Waals surface area contributed by atoms with Crippen molar-refractivity contribution < 1.29 is 9.59 Å². The smallest absolute Gasteiger partial charge is 0.217 e. The second kappa shape index (κ2) is 4.50. The van der Waals surface area contributed by atoms with Gasteiger partial charge in [0.25, 0.3) is 0 Å². The second-order valence-corrected chi connectivity index (χ2v) is 3.03. The Morgan fingerprint density at radius 2 is 2.14 bits per heavy atom. The van der Waals surface area contributed by atoms with Crippen molar-refractivity contribution in [2.75, 3.05) is 0 Å². The number of nitrogens with two attached hydrogens (primary N) is 1. The summed E-state index contributed by atoms with van der Waals surface area (Å²) in [5.74, 6) is -0.547. The van der Waals surface area contributed by atoms with Crippen LogP contribution in [-0.2, 0) is 4.79 Å². The van der Waals surface area contributed by atoms with E-state index in [0.717, 1.165) is 0 Å². The lowest BCUT2D eigenvalue weighted by Crippen LogP contribution is -2.13. The van der Waals surface area contributed by atoms with Crippen LogP contribution in [0, 0.1) is 6.92 Å². The Balaban J connectivity index is 2.70. The zero-order valence-electron chi connectivity index (χ0n) is 7.99. The number of hydrogen-bond acceptors (Lipinski definition) is 3. The van der Waals surface area contributed by atoms with Gasteiger partial charge in [-0.2, -0.15) is 0 Å². The van der Waals surface area contributed by atoms with E-state index in [4.69, 9.17) is 5.73 Å². The van der Waals surface area contributed by atoms with E-state index >= 15 is 0 Å². The number of rotatable bonds is 4. The molecule has 0 aromatic carbocycles. The van der Waals surface area contributed by atoms with Gasteiger partial charge in [0.2, 0.25) is 5.91 Å². The highest BCUT2D eigenvalue weighted by Crippen LogP contribution is 2.08. The zero-order valence-corrected chi connectivity index (χ0v) is 7.99. The molecule has 1 rings (SSSR count). The first-order valence-electron chi connectivity index (χ1n) is 4.34. The highest BCUT2D eigenvalue weighted by molar-refractivity contribution is 5.98. The Kier molecular flexibility index (Phi) is 3.34. The van der Waals surface area contributed by atoms with Crippen LogP contribution in [0.15, 0.2) is 18.3 Å². The number of nitrogens with zero attached hydrogens (tertiary/aromatic N) is 1. The Labute approximate surface area is 82.1 Å². The molecule has 1 aromatic rings. The average Bonchev–Trinajstić information content (AvgIpc) is 2.15. The van der Waals surface area contributed by atoms with Crippen LogP contribution < -0.4 is 5.73 Å². The largest absolute Gasteiger partial charge is 0.370 e. The van der Waals surface area contributed by atoms with Gasteiger partial charge in [0.15, 0.2) is 5.78 Å². The monoisotopic (exact) mass is 192 g/mol. The molecule has 0 aliphatic rings. The Hall–Kier alpha value is -1.71. The number of Topliss-reactive ketones (excluding diaryl/α,β-unsaturated/α-hetero) is 1. The van der Waals surface area contributed by atoms with E-state index in [2.05, 4.69) is 4.98 Å². The van der Waals surface area contributed by atoms with Crippen LogP contribution in [-0.4, -0.2) is 16.7 Å². The van der Waals surface area contributed by atoms with E-state index < -0.39 is 5.91 Å². The molecule has 0 aliphatic heterocycles. The lowest BCUT2D eigenvalue weighted by molar-refractivity contribution is -0.118. The van der Waals surface area contributed by atoms with Crippen LogP contribution in [0.25, 0.3) is 0 Å². The molecule has 0 bridgehead atoms. The van der Waals surface area contributed by atoms with Gasteiger partial charge in [0.1, 0.15) is 0 Å². The van der Waals surface area contributed by atoms with Crippen molar-refractivity contribution in [1.29, 1.82) is 0 Å². The minimum atomic E-state index is -0.458. The molecular formula is C10H12N2O2.